The van der Waals surface area contributed by atoms with Gasteiger partial charge in [0.05, 0.1) is 0 Å². The Bertz CT molecular complexity index is 756. The van der Waals surface area contributed by atoms with Crippen molar-refractivity contribution in [1.82, 2.24) is 0 Å². The molecular weight excluding hydrogens is 294 g/mol. The molecule has 0 bridgehead atoms. The Labute approximate surface area is 134 Å². The van der Waals surface area contributed by atoms with Crippen molar-refractivity contribution in [3.63, 3.8) is 0 Å². The molecule has 0 saturated carbocycles. The van der Waals surface area contributed by atoms with Gasteiger partial charge in [-0.2, -0.15) is 0 Å². The van der Waals surface area contributed by atoms with Gasteiger partial charge in [0.2, 0.25) is 6.10 Å². The molecule has 1 N–H and O–H groups in total. The first-order valence-corrected chi connectivity index (χ1v) is 7.39. The number of hydrogen-bond acceptors (Lipinski definition) is 4. The quantitative estimate of drug-likeness (QED) is 0.885. The second kappa shape index (κ2) is 6.12. The highest BCUT2D eigenvalue weighted by Gasteiger charge is 2.34. The number of carbonyl (C=O) groups is 2. The summed E-state index contributed by atoms with van der Waals surface area (Å²) >= 11 is 0. The predicted octanol–water partition coefficient (Wildman–Crippen LogP) is 3.06. The molecule has 118 valence electrons. The number of amides is 1. The molecule has 0 saturated heterocycles. The van der Waals surface area contributed by atoms with Crippen LogP contribution in [-0.4, -0.2) is 23.9 Å². The number of carbonyl (C=O) groups excluding carboxylic acids is 2. The van der Waals surface area contributed by atoms with E-state index >= 15 is 0 Å². The van der Waals surface area contributed by atoms with Crippen molar-refractivity contribution in [2.45, 2.75) is 26.1 Å². The maximum absolute atomic E-state index is 12.5. The SMILES string of the molecule is CC(=O)c1cccc(NC(=O)[C@@H]2Oc3ccccc3O[C@H]2C)c1. The summed E-state index contributed by atoms with van der Waals surface area (Å²) in [5.74, 6) is 0.805. The normalized spacial score (nSPS) is 19.0. The van der Waals surface area contributed by atoms with E-state index in [2.05, 4.69) is 5.32 Å². The van der Waals surface area contributed by atoms with Crippen molar-refractivity contribution in [1.29, 1.82) is 0 Å². The van der Waals surface area contributed by atoms with Gasteiger partial charge in [-0.25, -0.2) is 0 Å². The van der Waals surface area contributed by atoms with E-state index in [1.165, 1.54) is 6.92 Å². The Kier molecular flexibility index (Phi) is 4.02. The van der Waals surface area contributed by atoms with Gasteiger partial charge in [-0.15, -0.1) is 0 Å². The topological polar surface area (TPSA) is 64.6 Å². The number of nitrogens with one attached hydrogen (secondary N) is 1. The fourth-order valence-electron chi connectivity index (χ4n) is 2.44. The Balaban J connectivity index is 1.76. The van der Waals surface area contributed by atoms with Crippen LogP contribution in [0, 0.1) is 0 Å². The zero-order valence-electron chi connectivity index (χ0n) is 12.9. The first-order valence-electron chi connectivity index (χ1n) is 7.39. The first kappa shape index (κ1) is 15.1. The van der Waals surface area contributed by atoms with Gasteiger partial charge < -0.3 is 14.8 Å². The molecule has 5 nitrogen and oxygen atoms in total. The van der Waals surface area contributed by atoms with E-state index in [1.807, 2.05) is 12.1 Å². The minimum Gasteiger partial charge on any atom is -0.482 e. The van der Waals surface area contributed by atoms with Crippen molar-refractivity contribution in [3.05, 3.63) is 54.1 Å². The summed E-state index contributed by atoms with van der Waals surface area (Å²) in [7, 11) is 0. The number of benzene rings is 2. The molecule has 0 unspecified atom stereocenters. The lowest BCUT2D eigenvalue weighted by Gasteiger charge is -2.31. The molecule has 1 aliphatic rings. The molecule has 2 atom stereocenters. The van der Waals surface area contributed by atoms with Crippen LogP contribution in [0.4, 0.5) is 5.69 Å². The lowest BCUT2D eigenvalue weighted by molar-refractivity contribution is -0.128. The molecular formula is C18H17NO4. The number of fused-ring (bicyclic) bond motifs is 1. The van der Waals surface area contributed by atoms with Crippen LogP contribution in [0.2, 0.25) is 0 Å². The highest BCUT2D eigenvalue weighted by molar-refractivity contribution is 5.98. The smallest absolute Gasteiger partial charge is 0.269 e. The van der Waals surface area contributed by atoms with Crippen LogP contribution < -0.4 is 14.8 Å². The molecule has 0 aromatic heterocycles. The summed E-state index contributed by atoms with van der Waals surface area (Å²) < 4.78 is 11.5. The summed E-state index contributed by atoms with van der Waals surface area (Å²) in [4.78, 5) is 23.9. The van der Waals surface area contributed by atoms with E-state index in [0.717, 1.165) is 0 Å². The van der Waals surface area contributed by atoms with Crippen molar-refractivity contribution >= 4 is 17.4 Å². The highest BCUT2D eigenvalue weighted by atomic mass is 16.6. The Hall–Kier alpha value is -2.82. The maximum Gasteiger partial charge on any atom is 0.269 e. The van der Waals surface area contributed by atoms with Gasteiger partial charge in [0, 0.05) is 11.3 Å². The molecule has 0 spiro atoms. The predicted molar refractivity (Wildman–Crippen MR) is 86.0 cm³/mol. The van der Waals surface area contributed by atoms with Gasteiger partial charge in [-0.05, 0) is 38.1 Å². The molecule has 0 aliphatic carbocycles. The summed E-state index contributed by atoms with van der Waals surface area (Å²) in [6.45, 7) is 3.27. The highest BCUT2D eigenvalue weighted by Crippen LogP contribution is 2.33. The van der Waals surface area contributed by atoms with Crippen molar-refractivity contribution in [2.24, 2.45) is 0 Å². The van der Waals surface area contributed by atoms with E-state index in [-0.39, 0.29) is 11.7 Å². The number of rotatable bonds is 3. The number of anilines is 1. The van der Waals surface area contributed by atoms with E-state index in [4.69, 9.17) is 9.47 Å². The van der Waals surface area contributed by atoms with Gasteiger partial charge in [-0.3, -0.25) is 9.59 Å². The number of Topliss-reactive ketones (excluding diaryl/α,β-unsaturated/α-hetero) is 1. The second-order valence-electron chi connectivity index (χ2n) is 5.43. The van der Waals surface area contributed by atoms with Gasteiger partial charge in [0.25, 0.3) is 5.91 Å². The summed E-state index contributed by atoms with van der Waals surface area (Å²) in [6.07, 6.45) is -1.17. The summed E-state index contributed by atoms with van der Waals surface area (Å²) in [5.41, 5.74) is 1.10. The zero-order valence-corrected chi connectivity index (χ0v) is 12.9. The van der Waals surface area contributed by atoms with E-state index in [0.29, 0.717) is 22.7 Å². The van der Waals surface area contributed by atoms with Crippen LogP contribution in [0.25, 0.3) is 0 Å². The zero-order chi connectivity index (χ0) is 16.4. The fraction of sp³-hybridized carbons (Fsp3) is 0.222. The van der Waals surface area contributed by atoms with Gasteiger partial charge in [0.15, 0.2) is 17.3 Å². The lowest BCUT2D eigenvalue weighted by atomic mass is 10.1. The molecule has 23 heavy (non-hydrogen) atoms. The van der Waals surface area contributed by atoms with Crippen molar-refractivity contribution in [3.8, 4) is 11.5 Å². The number of hydrogen-bond donors (Lipinski definition) is 1. The maximum atomic E-state index is 12.5. The number of ketones is 1. The third kappa shape index (κ3) is 3.18. The van der Waals surface area contributed by atoms with Gasteiger partial charge in [-0.1, -0.05) is 24.3 Å². The monoisotopic (exact) mass is 311 g/mol. The number of ether oxygens (including phenoxy) is 2. The fourth-order valence-corrected chi connectivity index (χ4v) is 2.44. The molecule has 2 aromatic carbocycles. The molecule has 0 radical (unpaired) electrons. The van der Waals surface area contributed by atoms with Crippen LogP contribution in [-0.2, 0) is 4.79 Å². The van der Waals surface area contributed by atoms with Gasteiger partial charge >= 0.3 is 0 Å². The third-order valence-corrected chi connectivity index (χ3v) is 3.64. The Morgan fingerprint density at radius 2 is 1.70 bits per heavy atom. The standard InChI is InChI=1S/C18H17NO4/c1-11(20)13-6-5-7-14(10-13)19-18(21)17-12(2)22-15-8-3-4-9-16(15)23-17/h3-10,12,17H,1-2H3,(H,19,21)/t12-,17+/m0/s1. The Morgan fingerprint density at radius 3 is 2.39 bits per heavy atom. The largest absolute Gasteiger partial charge is 0.482 e. The van der Waals surface area contributed by atoms with Crippen molar-refractivity contribution < 1.29 is 19.1 Å². The second-order valence-corrected chi connectivity index (χ2v) is 5.43. The van der Waals surface area contributed by atoms with E-state index < -0.39 is 12.2 Å². The van der Waals surface area contributed by atoms with E-state index in [9.17, 15) is 9.59 Å². The molecule has 1 heterocycles. The van der Waals surface area contributed by atoms with Crippen LogP contribution in [0.1, 0.15) is 24.2 Å². The summed E-state index contributed by atoms with van der Waals surface area (Å²) in [6, 6.07) is 14.0. The Morgan fingerprint density at radius 1 is 1.00 bits per heavy atom. The average molecular weight is 311 g/mol. The molecule has 1 amide bonds. The molecule has 3 rings (SSSR count). The summed E-state index contributed by atoms with van der Waals surface area (Å²) in [5, 5.41) is 2.77. The van der Waals surface area contributed by atoms with Crippen LogP contribution >= 0.6 is 0 Å². The minimum absolute atomic E-state index is 0.0550. The van der Waals surface area contributed by atoms with Gasteiger partial charge in [0.1, 0.15) is 6.10 Å². The first-order chi connectivity index (χ1) is 11.0. The van der Waals surface area contributed by atoms with Crippen LogP contribution in [0.5, 0.6) is 11.5 Å². The average Bonchev–Trinajstić information content (AvgIpc) is 2.54. The molecule has 1 aliphatic heterocycles. The molecule has 5 heteroatoms. The van der Waals surface area contributed by atoms with E-state index in [1.54, 1.807) is 43.3 Å². The molecule has 0 fully saturated rings. The molecule has 2 aromatic rings. The lowest BCUT2D eigenvalue weighted by Crippen LogP contribution is -2.46. The third-order valence-electron chi connectivity index (χ3n) is 3.64. The minimum atomic E-state index is -0.758. The number of para-hydroxylation sites is 2. The van der Waals surface area contributed by atoms with Crippen LogP contribution in [0.15, 0.2) is 48.5 Å². The van der Waals surface area contributed by atoms with Crippen molar-refractivity contribution in [2.75, 3.05) is 5.32 Å². The van der Waals surface area contributed by atoms with Crippen LogP contribution in [0.3, 0.4) is 0 Å².